The number of methoxy groups -OCH3 is 2. The molecular formula is C13H19ClO3. The van der Waals surface area contributed by atoms with Crippen LogP contribution in [0.15, 0.2) is 24.3 Å². The Bertz CT molecular complexity index is 344. The van der Waals surface area contributed by atoms with Gasteiger partial charge in [0.2, 0.25) is 0 Å². The highest BCUT2D eigenvalue weighted by molar-refractivity contribution is 6.30. The van der Waals surface area contributed by atoms with Gasteiger partial charge in [0.05, 0.1) is 6.10 Å². The van der Waals surface area contributed by atoms with Crippen LogP contribution in [-0.2, 0) is 9.47 Å². The standard InChI is InChI=1S/C13H19ClO3/c1-13(2,12(16-3)17-4)11(15)9-5-7-10(14)8-6-9/h5-8,11-12,15H,1-4H3/t11-/m1/s1. The van der Waals surface area contributed by atoms with Crippen molar-refractivity contribution in [3.63, 3.8) is 0 Å². The monoisotopic (exact) mass is 258 g/mol. The van der Waals surface area contributed by atoms with Crippen molar-refractivity contribution in [3.05, 3.63) is 34.9 Å². The third-order valence-electron chi connectivity index (χ3n) is 2.93. The Hall–Kier alpha value is -0.610. The molecule has 17 heavy (non-hydrogen) atoms. The van der Waals surface area contributed by atoms with Gasteiger partial charge in [0.1, 0.15) is 0 Å². The van der Waals surface area contributed by atoms with Crippen LogP contribution in [0.3, 0.4) is 0 Å². The number of rotatable bonds is 5. The molecule has 1 N–H and O–H groups in total. The van der Waals surface area contributed by atoms with Crippen molar-refractivity contribution in [1.29, 1.82) is 0 Å². The van der Waals surface area contributed by atoms with Crippen LogP contribution >= 0.6 is 11.6 Å². The van der Waals surface area contributed by atoms with Gasteiger partial charge in [0, 0.05) is 24.7 Å². The van der Waals surface area contributed by atoms with E-state index < -0.39 is 17.8 Å². The van der Waals surface area contributed by atoms with Gasteiger partial charge in [-0.2, -0.15) is 0 Å². The van der Waals surface area contributed by atoms with Crippen molar-refractivity contribution in [3.8, 4) is 0 Å². The molecule has 0 aliphatic heterocycles. The highest BCUT2D eigenvalue weighted by Gasteiger charge is 2.38. The summed E-state index contributed by atoms with van der Waals surface area (Å²) in [7, 11) is 3.12. The number of halogens is 1. The Morgan fingerprint density at radius 1 is 1.12 bits per heavy atom. The minimum Gasteiger partial charge on any atom is -0.388 e. The number of aliphatic hydroxyl groups excluding tert-OH is 1. The molecule has 3 nitrogen and oxygen atoms in total. The van der Waals surface area contributed by atoms with Gasteiger partial charge in [-0.15, -0.1) is 0 Å². The molecule has 0 aliphatic rings. The van der Waals surface area contributed by atoms with Crippen LogP contribution in [0.4, 0.5) is 0 Å². The van der Waals surface area contributed by atoms with Crippen molar-refractivity contribution in [1.82, 2.24) is 0 Å². The number of ether oxygens (including phenoxy) is 2. The predicted octanol–water partition coefficient (Wildman–Crippen LogP) is 3.02. The van der Waals surface area contributed by atoms with Gasteiger partial charge in [-0.25, -0.2) is 0 Å². The lowest BCUT2D eigenvalue weighted by Gasteiger charge is -2.36. The first-order valence-corrected chi connectivity index (χ1v) is 5.80. The van der Waals surface area contributed by atoms with E-state index in [0.717, 1.165) is 5.56 Å². The quantitative estimate of drug-likeness (QED) is 0.825. The topological polar surface area (TPSA) is 38.7 Å². The SMILES string of the molecule is COC(OC)C(C)(C)[C@H](O)c1ccc(Cl)cc1. The van der Waals surface area contributed by atoms with Crippen LogP contribution in [0, 0.1) is 5.41 Å². The maximum Gasteiger partial charge on any atom is 0.164 e. The highest BCUT2D eigenvalue weighted by atomic mass is 35.5. The van der Waals surface area contributed by atoms with E-state index >= 15 is 0 Å². The van der Waals surface area contributed by atoms with E-state index in [1.165, 1.54) is 0 Å². The molecule has 96 valence electrons. The summed E-state index contributed by atoms with van der Waals surface area (Å²) in [5.41, 5.74) is 0.232. The van der Waals surface area contributed by atoms with Crippen LogP contribution < -0.4 is 0 Å². The maximum atomic E-state index is 10.4. The van der Waals surface area contributed by atoms with Gasteiger partial charge in [0.25, 0.3) is 0 Å². The first kappa shape index (κ1) is 14.5. The van der Waals surface area contributed by atoms with E-state index in [4.69, 9.17) is 21.1 Å². The third-order valence-corrected chi connectivity index (χ3v) is 3.18. The van der Waals surface area contributed by atoms with E-state index in [2.05, 4.69) is 0 Å². The van der Waals surface area contributed by atoms with Crippen LogP contribution in [-0.4, -0.2) is 25.6 Å². The lowest BCUT2D eigenvalue weighted by molar-refractivity contribution is -0.198. The Labute approximate surface area is 107 Å². The minimum absolute atomic E-state index is 0.479. The minimum atomic E-state index is -0.690. The second kappa shape index (κ2) is 5.83. The molecule has 0 aromatic heterocycles. The summed E-state index contributed by atoms with van der Waals surface area (Å²) in [5.74, 6) is 0. The lowest BCUT2D eigenvalue weighted by Crippen LogP contribution is -2.38. The number of aliphatic hydroxyl groups is 1. The van der Waals surface area contributed by atoms with E-state index in [0.29, 0.717) is 5.02 Å². The number of benzene rings is 1. The van der Waals surface area contributed by atoms with Crippen LogP contribution in [0.1, 0.15) is 25.5 Å². The molecule has 0 amide bonds. The molecule has 1 aromatic carbocycles. The normalized spacial score (nSPS) is 14.1. The van der Waals surface area contributed by atoms with E-state index in [1.54, 1.807) is 38.5 Å². The number of hydrogen-bond acceptors (Lipinski definition) is 3. The fraction of sp³-hybridized carbons (Fsp3) is 0.538. The van der Waals surface area contributed by atoms with Crippen molar-refractivity contribution in [2.75, 3.05) is 14.2 Å². The molecule has 0 heterocycles. The molecule has 0 radical (unpaired) electrons. The smallest absolute Gasteiger partial charge is 0.164 e. The van der Waals surface area contributed by atoms with Gasteiger partial charge < -0.3 is 14.6 Å². The molecule has 0 spiro atoms. The largest absolute Gasteiger partial charge is 0.388 e. The van der Waals surface area contributed by atoms with Crippen molar-refractivity contribution < 1.29 is 14.6 Å². The van der Waals surface area contributed by atoms with Crippen LogP contribution in [0.2, 0.25) is 5.02 Å². The molecule has 0 fully saturated rings. The molecule has 0 saturated carbocycles. The number of hydrogen-bond donors (Lipinski definition) is 1. The van der Waals surface area contributed by atoms with Crippen molar-refractivity contribution in [2.24, 2.45) is 5.41 Å². The first-order valence-electron chi connectivity index (χ1n) is 5.42. The summed E-state index contributed by atoms with van der Waals surface area (Å²) in [6, 6.07) is 7.11. The fourth-order valence-electron chi connectivity index (χ4n) is 1.91. The Morgan fingerprint density at radius 3 is 2.00 bits per heavy atom. The summed E-state index contributed by atoms with van der Waals surface area (Å²) in [4.78, 5) is 0. The molecule has 4 heteroatoms. The molecule has 1 aromatic rings. The van der Waals surface area contributed by atoms with Crippen LogP contribution in [0.5, 0.6) is 0 Å². The predicted molar refractivity (Wildman–Crippen MR) is 68.0 cm³/mol. The highest BCUT2D eigenvalue weighted by Crippen LogP contribution is 2.38. The van der Waals surface area contributed by atoms with Gasteiger partial charge in [-0.05, 0) is 17.7 Å². The summed E-state index contributed by atoms with van der Waals surface area (Å²) in [5, 5.41) is 11.0. The van der Waals surface area contributed by atoms with Gasteiger partial charge in [-0.1, -0.05) is 37.6 Å². The molecule has 0 saturated heterocycles. The average Bonchev–Trinajstić information content (AvgIpc) is 2.30. The van der Waals surface area contributed by atoms with Gasteiger partial charge >= 0.3 is 0 Å². The molecular weight excluding hydrogens is 240 g/mol. The maximum absolute atomic E-state index is 10.4. The van der Waals surface area contributed by atoms with Crippen molar-refractivity contribution >= 4 is 11.6 Å². The Balaban J connectivity index is 2.94. The lowest BCUT2D eigenvalue weighted by atomic mass is 9.82. The molecule has 0 aliphatic carbocycles. The zero-order valence-electron chi connectivity index (χ0n) is 10.6. The van der Waals surface area contributed by atoms with Gasteiger partial charge in [0.15, 0.2) is 6.29 Å². The zero-order chi connectivity index (χ0) is 13.1. The Kier molecular flexibility index (Phi) is 4.95. The zero-order valence-corrected chi connectivity index (χ0v) is 11.4. The van der Waals surface area contributed by atoms with Crippen molar-refractivity contribution in [2.45, 2.75) is 26.2 Å². The average molecular weight is 259 g/mol. The molecule has 1 rings (SSSR count). The first-order chi connectivity index (χ1) is 7.93. The Morgan fingerprint density at radius 2 is 1.59 bits per heavy atom. The fourth-order valence-corrected chi connectivity index (χ4v) is 2.03. The molecule has 1 atom stereocenters. The summed E-state index contributed by atoms with van der Waals surface area (Å²) >= 11 is 5.82. The second-order valence-corrected chi connectivity index (χ2v) is 5.02. The molecule has 0 unspecified atom stereocenters. The van der Waals surface area contributed by atoms with E-state index in [1.807, 2.05) is 13.8 Å². The summed E-state index contributed by atoms with van der Waals surface area (Å²) < 4.78 is 10.4. The van der Waals surface area contributed by atoms with Gasteiger partial charge in [-0.3, -0.25) is 0 Å². The molecule has 0 bridgehead atoms. The summed E-state index contributed by atoms with van der Waals surface area (Å²) in [6.45, 7) is 3.79. The van der Waals surface area contributed by atoms with E-state index in [-0.39, 0.29) is 0 Å². The third kappa shape index (κ3) is 3.19. The summed E-state index contributed by atoms with van der Waals surface area (Å²) in [6.07, 6.45) is -1.17. The second-order valence-electron chi connectivity index (χ2n) is 4.58. The van der Waals surface area contributed by atoms with Crippen LogP contribution in [0.25, 0.3) is 0 Å². The van der Waals surface area contributed by atoms with E-state index in [9.17, 15) is 5.11 Å².